The average molecular weight is 334 g/mol. The van der Waals surface area contributed by atoms with E-state index >= 15 is 0 Å². The van der Waals surface area contributed by atoms with E-state index in [4.69, 9.17) is 9.15 Å². The Bertz CT molecular complexity index is 479. The van der Waals surface area contributed by atoms with Gasteiger partial charge in [0.05, 0.1) is 12.9 Å². The lowest BCUT2D eigenvalue weighted by atomic mass is 10.1. The predicted octanol–water partition coefficient (Wildman–Crippen LogP) is 1.65. The second-order valence-corrected chi connectivity index (χ2v) is 5.98. The van der Waals surface area contributed by atoms with Gasteiger partial charge in [-0.05, 0) is 25.0 Å². The zero-order chi connectivity index (χ0) is 17.0. The largest absolute Gasteiger partial charge is 0.469 e. The number of nitrogens with zero attached hydrogens (tertiary/aromatic N) is 2. The van der Waals surface area contributed by atoms with Crippen LogP contribution in [0.3, 0.4) is 0 Å². The van der Waals surface area contributed by atoms with Gasteiger partial charge < -0.3 is 24.7 Å². The second-order valence-electron chi connectivity index (χ2n) is 5.98. The third-order valence-corrected chi connectivity index (χ3v) is 4.16. The SMILES string of the molecule is C=CCNC(=NCCc1ccco1)NC1CCN(CCOC)CC1. The van der Waals surface area contributed by atoms with Crippen molar-refractivity contribution in [2.24, 2.45) is 4.99 Å². The molecule has 0 unspecified atom stereocenters. The summed E-state index contributed by atoms with van der Waals surface area (Å²) in [6.07, 6.45) is 6.60. The Morgan fingerprint density at radius 3 is 3.00 bits per heavy atom. The van der Waals surface area contributed by atoms with Crippen LogP contribution in [0.4, 0.5) is 0 Å². The minimum absolute atomic E-state index is 0.462. The summed E-state index contributed by atoms with van der Waals surface area (Å²) in [7, 11) is 1.76. The number of aliphatic imine (C=N–C) groups is 1. The summed E-state index contributed by atoms with van der Waals surface area (Å²) in [5.74, 6) is 1.82. The topological polar surface area (TPSA) is 62.0 Å². The molecule has 1 aromatic heterocycles. The summed E-state index contributed by atoms with van der Waals surface area (Å²) in [5.41, 5.74) is 0. The van der Waals surface area contributed by atoms with Crippen LogP contribution >= 0.6 is 0 Å². The van der Waals surface area contributed by atoms with Gasteiger partial charge in [0.25, 0.3) is 0 Å². The molecule has 6 nitrogen and oxygen atoms in total. The van der Waals surface area contributed by atoms with Gasteiger partial charge in [-0.15, -0.1) is 6.58 Å². The lowest BCUT2D eigenvalue weighted by Crippen LogP contribution is -2.49. The molecular formula is C18H30N4O2. The summed E-state index contributed by atoms with van der Waals surface area (Å²) in [6.45, 7) is 9.19. The first-order chi connectivity index (χ1) is 11.8. The van der Waals surface area contributed by atoms with Crippen molar-refractivity contribution in [1.82, 2.24) is 15.5 Å². The fraction of sp³-hybridized carbons (Fsp3) is 0.611. The molecule has 1 saturated heterocycles. The fourth-order valence-electron chi connectivity index (χ4n) is 2.77. The van der Waals surface area contributed by atoms with Crippen molar-refractivity contribution in [1.29, 1.82) is 0 Å². The van der Waals surface area contributed by atoms with E-state index in [0.29, 0.717) is 19.1 Å². The van der Waals surface area contributed by atoms with Crippen molar-refractivity contribution in [3.63, 3.8) is 0 Å². The van der Waals surface area contributed by atoms with Gasteiger partial charge in [-0.25, -0.2) is 0 Å². The Balaban J connectivity index is 1.76. The maximum atomic E-state index is 5.35. The Kier molecular flexibility index (Phi) is 8.41. The molecule has 0 aliphatic carbocycles. The van der Waals surface area contributed by atoms with Crippen LogP contribution in [0.5, 0.6) is 0 Å². The molecule has 0 aromatic carbocycles. The minimum atomic E-state index is 0.462. The highest BCUT2D eigenvalue weighted by Crippen LogP contribution is 2.10. The molecule has 2 N–H and O–H groups in total. The molecule has 6 heteroatoms. The van der Waals surface area contributed by atoms with Crippen LogP contribution < -0.4 is 10.6 Å². The van der Waals surface area contributed by atoms with E-state index in [9.17, 15) is 0 Å². The molecular weight excluding hydrogens is 304 g/mol. The maximum absolute atomic E-state index is 5.35. The summed E-state index contributed by atoms with van der Waals surface area (Å²) in [5, 5.41) is 6.85. The molecule has 1 aliphatic rings. The molecule has 0 bridgehead atoms. The number of rotatable bonds is 9. The summed E-state index contributed by atoms with van der Waals surface area (Å²) in [4.78, 5) is 7.10. The van der Waals surface area contributed by atoms with E-state index in [1.54, 1.807) is 13.4 Å². The maximum Gasteiger partial charge on any atom is 0.191 e. The van der Waals surface area contributed by atoms with E-state index in [1.165, 1.54) is 0 Å². The minimum Gasteiger partial charge on any atom is -0.469 e. The molecule has 1 aliphatic heterocycles. The first-order valence-electron chi connectivity index (χ1n) is 8.71. The van der Waals surface area contributed by atoms with Crippen molar-refractivity contribution in [3.05, 3.63) is 36.8 Å². The molecule has 0 atom stereocenters. The Hall–Kier alpha value is -1.79. The number of ether oxygens (including phenoxy) is 1. The molecule has 1 fully saturated rings. The first-order valence-corrected chi connectivity index (χ1v) is 8.71. The molecule has 134 valence electrons. The van der Waals surface area contributed by atoms with E-state index in [0.717, 1.165) is 57.2 Å². The highest BCUT2D eigenvalue weighted by molar-refractivity contribution is 5.80. The lowest BCUT2D eigenvalue weighted by Gasteiger charge is -2.32. The van der Waals surface area contributed by atoms with Gasteiger partial charge in [0.2, 0.25) is 0 Å². The summed E-state index contributed by atoms with van der Waals surface area (Å²) < 4.78 is 10.5. The Morgan fingerprint density at radius 1 is 1.50 bits per heavy atom. The van der Waals surface area contributed by atoms with Crippen LogP contribution in [0, 0.1) is 0 Å². The Labute approximate surface area is 145 Å². The van der Waals surface area contributed by atoms with Gasteiger partial charge >= 0.3 is 0 Å². The number of furan rings is 1. The summed E-state index contributed by atoms with van der Waals surface area (Å²) >= 11 is 0. The predicted molar refractivity (Wildman–Crippen MR) is 97.4 cm³/mol. The summed E-state index contributed by atoms with van der Waals surface area (Å²) in [6, 6.07) is 4.35. The standard InChI is InChI=1S/C18H30N4O2/c1-3-9-19-18(20-10-6-17-5-4-14-24-17)21-16-7-11-22(12-8-16)13-15-23-2/h3-5,14,16H,1,6-13,15H2,2H3,(H2,19,20,21). The molecule has 0 amide bonds. The van der Waals surface area contributed by atoms with Gasteiger partial charge in [0.1, 0.15) is 5.76 Å². The van der Waals surface area contributed by atoms with Crippen molar-refractivity contribution in [2.45, 2.75) is 25.3 Å². The third-order valence-electron chi connectivity index (χ3n) is 4.16. The highest BCUT2D eigenvalue weighted by Gasteiger charge is 2.19. The van der Waals surface area contributed by atoms with Crippen LogP contribution in [0.2, 0.25) is 0 Å². The van der Waals surface area contributed by atoms with Gasteiger partial charge in [-0.3, -0.25) is 4.99 Å². The van der Waals surface area contributed by atoms with Crippen molar-refractivity contribution < 1.29 is 9.15 Å². The van der Waals surface area contributed by atoms with E-state index < -0.39 is 0 Å². The molecule has 0 radical (unpaired) electrons. The molecule has 24 heavy (non-hydrogen) atoms. The molecule has 2 rings (SSSR count). The number of methoxy groups -OCH3 is 1. The van der Waals surface area contributed by atoms with Gasteiger partial charge in [0, 0.05) is 52.3 Å². The molecule has 0 saturated carbocycles. The van der Waals surface area contributed by atoms with Crippen molar-refractivity contribution in [3.8, 4) is 0 Å². The number of hydrogen-bond acceptors (Lipinski definition) is 4. The van der Waals surface area contributed by atoms with Crippen LogP contribution in [0.1, 0.15) is 18.6 Å². The lowest BCUT2D eigenvalue weighted by molar-refractivity contribution is 0.128. The number of piperidine rings is 1. The zero-order valence-electron chi connectivity index (χ0n) is 14.7. The Morgan fingerprint density at radius 2 is 2.33 bits per heavy atom. The highest BCUT2D eigenvalue weighted by atomic mass is 16.5. The number of guanidine groups is 1. The third kappa shape index (κ3) is 6.76. The van der Waals surface area contributed by atoms with Crippen molar-refractivity contribution in [2.75, 3.05) is 46.4 Å². The first kappa shape index (κ1) is 18.5. The van der Waals surface area contributed by atoms with Crippen LogP contribution in [-0.4, -0.2) is 63.3 Å². The van der Waals surface area contributed by atoms with E-state index in [1.807, 2.05) is 18.2 Å². The van der Waals surface area contributed by atoms with E-state index in [-0.39, 0.29) is 0 Å². The quantitative estimate of drug-likeness (QED) is 0.408. The molecule has 1 aromatic rings. The second kappa shape index (κ2) is 10.9. The van der Waals surface area contributed by atoms with Crippen molar-refractivity contribution >= 4 is 5.96 Å². The molecule has 0 spiro atoms. The number of hydrogen-bond donors (Lipinski definition) is 2. The monoisotopic (exact) mass is 334 g/mol. The average Bonchev–Trinajstić information content (AvgIpc) is 3.12. The van der Waals surface area contributed by atoms with Gasteiger partial charge in [0.15, 0.2) is 5.96 Å². The smallest absolute Gasteiger partial charge is 0.191 e. The number of likely N-dealkylation sites (tertiary alicyclic amines) is 1. The van der Waals surface area contributed by atoms with Crippen LogP contribution in [-0.2, 0) is 11.2 Å². The van der Waals surface area contributed by atoms with Gasteiger partial charge in [-0.1, -0.05) is 6.08 Å². The van der Waals surface area contributed by atoms with Crippen LogP contribution in [0.15, 0.2) is 40.5 Å². The van der Waals surface area contributed by atoms with Crippen LogP contribution in [0.25, 0.3) is 0 Å². The zero-order valence-corrected chi connectivity index (χ0v) is 14.7. The van der Waals surface area contributed by atoms with E-state index in [2.05, 4.69) is 27.1 Å². The normalized spacial score (nSPS) is 17.0. The number of nitrogens with one attached hydrogen (secondary N) is 2. The molecule has 2 heterocycles. The van der Waals surface area contributed by atoms with Gasteiger partial charge in [-0.2, -0.15) is 0 Å². The fourth-order valence-corrected chi connectivity index (χ4v) is 2.77.